The number of amides is 2. The minimum absolute atomic E-state index is 0.0228. The molecule has 1 saturated carbocycles. The Labute approximate surface area is 138 Å². The van der Waals surface area contributed by atoms with Crippen LogP contribution in [0.5, 0.6) is 0 Å². The number of nitrogens with zero attached hydrogens (tertiary/aromatic N) is 1. The molecule has 0 aliphatic heterocycles. The van der Waals surface area contributed by atoms with Crippen LogP contribution in [-0.2, 0) is 0 Å². The van der Waals surface area contributed by atoms with Gasteiger partial charge in [0.25, 0.3) is 0 Å². The van der Waals surface area contributed by atoms with E-state index in [1.165, 1.54) is 19.3 Å². The zero-order valence-corrected chi connectivity index (χ0v) is 14.2. The molecule has 0 bridgehead atoms. The van der Waals surface area contributed by atoms with E-state index in [1.807, 2.05) is 19.1 Å². The van der Waals surface area contributed by atoms with E-state index in [-0.39, 0.29) is 18.6 Å². The maximum Gasteiger partial charge on any atom is 0.315 e. The Hall–Kier alpha value is -1.62. The van der Waals surface area contributed by atoms with Crippen LogP contribution in [0, 0.1) is 5.92 Å². The first-order chi connectivity index (χ1) is 11.0. The van der Waals surface area contributed by atoms with Crippen LogP contribution in [0.15, 0.2) is 24.5 Å². The molecule has 1 aliphatic carbocycles. The summed E-state index contributed by atoms with van der Waals surface area (Å²) in [6.07, 6.45) is 9.30. The summed E-state index contributed by atoms with van der Waals surface area (Å²) < 4.78 is 0. The number of aliphatic hydroxyl groups excluding tert-OH is 1. The van der Waals surface area contributed by atoms with E-state index < -0.39 is 5.54 Å². The average Bonchev–Trinajstić information content (AvgIpc) is 2.61. The Morgan fingerprint density at radius 2 is 2.00 bits per heavy atom. The molecule has 5 nitrogen and oxygen atoms in total. The van der Waals surface area contributed by atoms with E-state index in [0.29, 0.717) is 12.5 Å². The first-order valence-electron chi connectivity index (χ1n) is 8.62. The molecule has 2 atom stereocenters. The third kappa shape index (κ3) is 4.93. The number of hydrogen-bond acceptors (Lipinski definition) is 3. The minimum Gasteiger partial charge on any atom is -0.394 e. The molecule has 2 rings (SSSR count). The fraction of sp³-hybridized carbons (Fsp3) is 0.667. The lowest BCUT2D eigenvalue weighted by Gasteiger charge is -2.39. The Balaban J connectivity index is 1.85. The van der Waals surface area contributed by atoms with Crippen LogP contribution in [0.2, 0.25) is 0 Å². The lowest BCUT2D eigenvalue weighted by atomic mass is 9.76. The van der Waals surface area contributed by atoms with Crippen LogP contribution in [0.1, 0.15) is 57.4 Å². The molecular weight excluding hydrogens is 290 g/mol. The van der Waals surface area contributed by atoms with E-state index in [1.54, 1.807) is 12.4 Å². The molecule has 0 spiro atoms. The number of pyridine rings is 1. The van der Waals surface area contributed by atoms with Crippen molar-refractivity contribution in [1.82, 2.24) is 15.6 Å². The largest absolute Gasteiger partial charge is 0.394 e. The van der Waals surface area contributed by atoms with Crippen LogP contribution in [0.4, 0.5) is 4.79 Å². The van der Waals surface area contributed by atoms with E-state index in [0.717, 1.165) is 18.4 Å². The molecule has 0 saturated heterocycles. The zero-order valence-electron chi connectivity index (χ0n) is 14.2. The topological polar surface area (TPSA) is 74.2 Å². The second kappa shape index (κ2) is 8.29. The highest BCUT2D eigenvalue weighted by atomic mass is 16.3. The molecular formula is C18H29N3O2. The number of carbonyl (C=O) groups is 1. The summed E-state index contributed by atoms with van der Waals surface area (Å²) in [6, 6.07) is 3.72. The van der Waals surface area contributed by atoms with Crippen LogP contribution in [-0.4, -0.2) is 34.8 Å². The molecule has 3 N–H and O–H groups in total. The maximum absolute atomic E-state index is 12.3. The van der Waals surface area contributed by atoms with E-state index in [2.05, 4.69) is 22.5 Å². The lowest BCUT2D eigenvalue weighted by molar-refractivity contribution is 0.101. The number of hydrogen-bond donors (Lipinski definition) is 3. The molecule has 2 unspecified atom stereocenters. The van der Waals surface area contributed by atoms with Crippen molar-refractivity contribution in [3.8, 4) is 0 Å². The highest BCUT2D eigenvalue weighted by Gasteiger charge is 2.35. The van der Waals surface area contributed by atoms with Crippen LogP contribution in [0.25, 0.3) is 0 Å². The number of nitrogens with one attached hydrogen (secondary N) is 2. The first-order valence-corrected chi connectivity index (χ1v) is 8.62. The monoisotopic (exact) mass is 319 g/mol. The van der Waals surface area contributed by atoms with Crippen LogP contribution in [0.3, 0.4) is 0 Å². The number of urea groups is 1. The Kier molecular flexibility index (Phi) is 6.39. The van der Waals surface area contributed by atoms with Crippen molar-refractivity contribution in [3.63, 3.8) is 0 Å². The van der Waals surface area contributed by atoms with Crippen molar-refractivity contribution in [2.45, 2.75) is 57.4 Å². The summed E-state index contributed by atoms with van der Waals surface area (Å²) >= 11 is 0. The highest BCUT2D eigenvalue weighted by Crippen LogP contribution is 2.32. The van der Waals surface area contributed by atoms with Crippen molar-refractivity contribution >= 4 is 6.03 Å². The van der Waals surface area contributed by atoms with Crippen LogP contribution >= 0.6 is 0 Å². The fourth-order valence-electron chi connectivity index (χ4n) is 3.37. The predicted molar refractivity (Wildman–Crippen MR) is 91.3 cm³/mol. The van der Waals surface area contributed by atoms with Gasteiger partial charge in [-0.15, -0.1) is 0 Å². The second-order valence-electron chi connectivity index (χ2n) is 6.93. The van der Waals surface area contributed by atoms with Gasteiger partial charge in [-0.25, -0.2) is 4.79 Å². The van der Waals surface area contributed by atoms with Gasteiger partial charge in [0, 0.05) is 18.9 Å². The quantitative estimate of drug-likeness (QED) is 0.755. The van der Waals surface area contributed by atoms with Gasteiger partial charge < -0.3 is 15.7 Å². The van der Waals surface area contributed by atoms with E-state index >= 15 is 0 Å². The number of aliphatic hydroxyl groups is 1. The summed E-state index contributed by atoms with van der Waals surface area (Å²) in [6.45, 7) is 4.56. The minimum atomic E-state index is -0.537. The molecule has 1 aromatic heterocycles. The van der Waals surface area contributed by atoms with Gasteiger partial charge in [0.05, 0.1) is 12.1 Å². The number of rotatable bonds is 6. The standard InChI is InChI=1S/C18H29N3O2/c1-14(15-8-10-19-11-9-15)12-20-17(23)21-18(2,13-22)16-6-4-3-5-7-16/h8-11,14,16,22H,3-7,12-13H2,1-2H3,(H2,20,21,23). The third-order valence-electron chi connectivity index (χ3n) is 5.08. The van der Waals surface area contributed by atoms with Gasteiger partial charge in [0.15, 0.2) is 0 Å². The fourth-order valence-corrected chi connectivity index (χ4v) is 3.37. The van der Waals surface area contributed by atoms with Crippen molar-refractivity contribution < 1.29 is 9.90 Å². The summed E-state index contributed by atoms with van der Waals surface area (Å²) in [5.74, 6) is 0.573. The van der Waals surface area contributed by atoms with Gasteiger partial charge in [-0.2, -0.15) is 0 Å². The Bertz CT molecular complexity index is 488. The first kappa shape index (κ1) is 17.7. The summed E-state index contributed by atoms with van der Waals surface area (Å²) in [7, 11) is 0. The predicted octanol–water partition coefficient (Wildman–Crippen LogP) is 2.82. The van der Waals surface area contributed by atoms with Gasteiger partial charge in [0.2, 0.25) is 0 Å². The Morgan fingerprint density at radius 3 is 2.61 bits per heavy atom. The molecule has 0 aromatic carbocycles. The molecule has 128 valence electrons. The molecule has 23 heavy (non-hydrogen) atoms. The van der Waals surface area contributed by atoms with E-state index in [4.69, 9.17) is 0 Å². The van der Waals surface area contributed by atoms with Gasteiger partial charge in [0.1, 0.15) is 0 Å². The van der Waals surface area contributed by atoms with Crippen molar-refractivity contribution in [3.05, 3.63) is 30.1 Å². The lowest BCUT2D eigenvalue weighted by Crippen LogP contribution is -2.57. The summed E-state index contributed by atoms with van der Waals surface area (Å²) in [5.41, 5.74) is 0.613. The van der Waals surface area contributed by atoms with Crippen LogP contribution < -0.4 is 10.6 Å². The zero-order chi connectivity index (χ0) is 16.7. The van der Waals surface area contributed by atoms with E-state index in [9.17, 15) is 9.90 Å². The molecule has 5 heteroatoms. The maximum atomic E-state index is 12.3. The smallest absolute Gasteiger partial charge is 0.315 e. The summed E-state index contributed by atoms with van der Waals surface area (Å²) in [4.78, 5) is 16.3. The second-order valence-corrected chi connectivity index (χ2v) is 6.93. The Morgan fingerprint density at radius 1 is 1.35 bits per heavy atom. The number of aromatic nitrogens is 1. The van der Waals surface area contributed by atoms with Gasteiger partial charge in [-0.3, -0.25) is 4.98 Å². The third-order valence-corrected chi connectivity index (χ3v) is 5.08. The van der Waals surface area contributed by atoms with Gasteiger partial charge >= 0.3 is 6.03 Å². The average molecular weight is 319 g/mol. The van der Waals surface area contributed by atoms with Gasteiger partial charge in [-0.05, 0) is 49.3 Å². The molecule has 1 aromatic rings. The molecule has 1 heterocycles. The van der Waals surface area contributed by atoms with Crippen molar-refractivity contribution in [1.29, 1.82) is 0 Å². The normalized spacial score (nSPS) is 19.6. The van der Waals surface area contributed by atoms with Crippen molar-refractivity contribution in [2.75, 3.05) is 13.2 Å². The molecule has 1 aliphatic rings. The highest BCUT2D eigenvalue weighted by molar-refractivity contribution is 5.74. The number of carbonyl (C=O) groups excluding carboxylic acids is 1. The van der Waals surface area contributed by atoms with Gasteiger partial charge in [-0.1, -0.05) is 26.2 Å². The SMILES string of the molecule is CC(CNC(=O)NC(C)(CO)C1CCCCC1)c1ccncc1. The summed E-state index contributed by atoms with van der Waals surface area (Å²) in [5, 5.41) is 15.7. The molecule has 2 amide bonds. The molecule has 1 fully saturated rings. The van der Waals surface area contributed by atoms with Crippen molar-refractivity contribution in [2.24, 2.45) is 5.92 Å². The molecule has 0 radical (unpaired) electrons.